The van der Waals surface area contributed by atoms with Crippen molar-refractivity contribution in [3.63, 3.8) is 0 Å². The number of hydrogen-bond acceptors (Lipinski definition) is 3. The van der Waals surface area contributed by atoms with Crippen molar-refractivity contribution in [3.8, 4) is 5.75 Å². The molecular formula is C17H20N2O2. The van der Waals surface area contributed by atoms with Gasteiger partial charge in [0.05, 0.1) is 12.3 Å². The molecule has 1 amide bonds. The lowest BCUT2D eigenvalue weighted by Crippen LogP contribution is -2.15. The Morgan fingerprint density at radius 3 is 2.71 bits per heavy atom. The number of carbonyl (C=O) groups is 1. The number of amides is 1. The number of nitrogens with one attached hydrogen (secondary N) is 1. The van der Waals surface area contributed by atoms with Crippen molar-refractivity contribution in [3.05, 3.63) is 53.6 Å². The van der Waals surface area contributed by atoms with Crippen molar-refractivity contribution >= 4 is 17.3 Å². The summed E-state index contributed by atoms with van der Waals surface area (Å²) in [5.74, 6) is 0.488. The third kappa shape index (κ3) is 3.54. The normalized spacial score (nSPS) is 10.2. The van der Waals surface area contributed by atoms with E-state index in [1.165, 1.54) is 0 Å². The topological polar surface area (TPSA) is 64.3 Å². The first-order chi connectivity index (χ1) is 10.1. The van der Waals surface area contributed by atoms with Gasteiger partial charge in [-0.1, -0.05) is 25.1 Å². The van der Waals surface area contributed by atoms with E-state index in [1.54, 1.807) is 18.2 Å². The van der Waals surface area contributed by atoms with Gasteiger partial charge in [-0.05, 0) is 43.2 Å². The molecule has 0 saturated carbocycles. The van der Waals surface area contributed by atoms with Crippen LogP contribution in [0.2, 0.25) is 0 Å². The van der Waals surface area contributed by atoms with E-state index in [-0.39, 0.29) is 5.91 Å². The second kappa shape index (κ2) is 6.79. The van der Waals surface area contributed by atoms with Crippen molar-refractivity contribution in [1.82, 2.24) is 0 Å². The fourth-order valence-electron chi connectivity index (χ4n) is 2.00. The number of carbonyl (C=O) groups excluding carboxylic acids is 1. The number of nitrogen functional groups attached to an aromatic ring is 1. The Kier molecular flexibility index (Phi) is 4.82. The van der Waals surface area contributed by atoms with Crippen LogP contribution in [-0.4, -0.2) is 12.5 Å². The van der Waals surface area contributed by atoms with Crippen molar-refractivity contribution in [1.29, 1.82) is 0 Å². The minimum absolute atomic E-state index is 0.188. The lowest BCUT2D eigenvalue weighted by Gasteiger charge is -2.13. The summed E-state index contributed by atoms with van der Waals surface area (Å²) in [6, 6.07) is 12.7. The first-order valence-corrected chi connectivity index (χ1v) is 7.01. The van der Waals surface area contributed by atoms with Crippen LogP contribution < -0.4 is 15.8 Å². The van der Waals surface area contributed by atoms with Crippen LogP contribution in [0.3, 0.4) is 0 Å². The first kappa shape index (κ1) is 14.9. The van der Waals surface area contributed by atoms with Gasteiger partial charge in [0.2, 0.25) is 0 Å². The fraction of sp³-hybridized carbons (Fsp3) is 0.235. The highest BCUT2D eigenvalue weighted by Gasteiger charge is 2.12. The number of anilines is 2. The zero-order valence-corrected chi connectivity index (χ0v) is 12.3. The maximum absolute atomic E-state index is 12.4. The molecule has 0 saturated heterocycles. The summed E-state index contributed by atoms with van der Waals surface area (Å²) in [4.78, 5) is 12.4. The molecule has 0 spiro atoms. The molecule has 110 valence electrons. The van der Waals surface area contributed by atoms with Crippen molar-refractivity contribution in [2.24, 2.45) is 0 Å². The molecule has 2 rings (SSSR count). The number of benzene rings is 2. The Balaban J connectivity index is 2.22. The van der Waals surface area contributed by atoms with E-state index in [4.69, 9.17) is 10.5 Å². The lowest BCUT2D eigenvalue weighted by molar-refractivity contribution is 0.102. The van der Waals surface area contributed by atoms with Crippen LogP contribution in [0.25, 0.3) is 0 Å². The van der Waals surface area contributed by atoms with Gasteiger partial charge < -0.3 is 15.8 Å². The maximum Gasteiger partial charge on any atom is 0.256 e. The predicted molar refractivity (Wildman–Crippen MR) is 85.8 cm³/mol. The summed E-state index contributed by atoms with van der Waals surface area (Å²) in [6.45, 7) is 4.49. The summed E-state index contributed by atoms with van der Waals surface area (Å²) in [6.07, 6.45) is 0.913. The van der Waals surface area contributed by atoms with E-state index in [2.05, 4.69) is 5.32 Å². The highest BCUT2D eigenvalue weighted by molar-refractivity contribution is 6.06. The van der Waals surface area contributed by atoms with Crippen LogP contribution in [0.1, 0.15) is 29.3 Å². The number of para-hydroxylation sites is 2. The summed E-state index contributed by atoms with van der Waals surface area (Å²) in [7, 11) is 0. The van der Waals surface area contributed by atoms with Crippen LogP contribution in [0, 0.1) is 6.92 Å². The van der Waals surface area contributed by atoms with Crippen molar-refractivity contribution in [2.45, 2.75) is 20.3 Å². The van der Waals surface area contributed by atoms with E-state index < -0.39 is 0 Å². The Labute approximate surface area is 124 Å². The van der Waals surface area contributed by atoms with Crippen LogP contribution in [-0.2, 0) is 0 Å². The number of nitrogens with two attached hydrogens (primary N) is 1. The fourth-order valence-corrected chi connectivity index (χ4v) is 2.00. The average molecular weight is 284 g/mol. The predicted octanol–water partition coefficient (Wildman–Crippen LogP) is 3.62. The molecule has 0 atom stereocenters. The molecule has 2 aromatic carbocycles. The molecule has 0 fully saturated rings. The van der Waals surface area contributed by atoms with Crippen molar-refractivity contribution in [2.75, 3.05) is 17.7 Å². The number of ether oxygens (including phenoxy) is 1. The minimum Gasteiger partial charge on any atom is -0.491 e. The molecule has 21 heavy (non-hydrogen) atoms. The minimum atomic E-state index is -0.188. The zero-order chi connectivity index (χ0) is 15.2. The quantitative estimate of drug-likeness (QED) is 0.824. The van der Waals surface area contributed by atoms with Gasteiger partial charge in [-0.15, -0.1) is 0 Å². The summed E-state index contributed by atoms with van der Waals surface area (Å²) in [5.41, 5.74) is 8.47. The highest BCUT2D eigenvalue weighted by Crippen LogP contribution is 2.25. The van der Waals surface area contributed by atoms with Crippen molar-refractivity contribution < 1.29 is 9.53 Å². The van der Waals surface area contributed by atoms with Crippen LogP contribution in [0.15, 0.2) is 42.5 Å². The molecule has 0 heterocycles. The first-order valence-electron chi connectivity index (χ1n) is 7.01. The monoisotopic (exact) mass is 284 g/mol. The average Bonchev–Trinajstić information content (AvgIpc) is 2.49. The largest absolute Gasteiger partial charge is 0.491 e. The zero-order valence-electron chi connectivity index (χ0n) is 12.3. The standard InChI is InChI=1S/C17H20N2O2/c1-3-11-21-16-10-5-4-9-15(16)19-17(20)13-7-6-8-14(18)12(13)2/h4-10H,3,11,18H2,1-2H3,(H,19,20). The molecular weight excluding hydrogens is 264 g/mol. The maximum atomic E-state index is 12.4. The van der Waals surface area contributed by atoms with E-state index in [0.29, 0.717) is 29.3 Å². The second-order valence-electron chi connectivity index (χ2n) is 4.82. The highest BCUT2D eigenvalue weighted by atomic mass is 16.5. The summed E-state index contributed by atoms with van der Waals surface area (Å²) < 4.78 is 5.64. The molecule has 4 nitrogen and oxygen atoms in total. The van der Waals surface area contributed by atoms with E-state index in [0.717, 1.165) is 12.0 Å². The van der Waals surface area contributed by atoms with Gasteiger partial charge in [0.15, 0.2) is 0 Å². The van der Waals surface area contributed by atoms with Gasteiger partial charge in [-0.3, -0.25) is 4.79 Å². The van der Waals surface area contributed by atoms with Crippen LogP contribution in [0.4, 0.5) is 11.4 Å². The van der Waals surface area contributed by atoms with Crippen LogP contribution in [0.5, 0.6) is 5.75 Å². The number of hydrogen-bond donors (Lipinski definition) is 2. The smallest absolute Gasteiger partial charge is 0.256 e. The van der Waals surface area contributed by atoms with Gasteiger partial charge in [-0.2, -0.15) is 0 Å². The molecule has 0 unspecified atom stereocenters. The molecule has 0 radical (unpaired) electrons. The third-order valence-corrected chi connectivity index (χ3v) is 3.22. The number of rotatable bonds is 5. The molecule has 0 aliphatic heterocycles. The summed E-state index contributed by atoms with van der Waals surface area (Å²) in [5, 5.41) is 2.88. The Bertz CT molecular complexity index is 638. The SMILES string of the molecule is CCCOc1ccccc1NC(=O)c1cccc(N)c1C. The van der Waals surface area contributed by atoms with Gasteiger partial charge >= 0.3 is 0 Å². The molecule has 2 aromatic rings. The molecule has 3 N–H and O–H groups in total. The Morgan fingerprint density at radius 1 is 1.19 bits per heavy atom. The van der Waals surface area contributed by atoms with Gasteiger partial charge in [0.25, 0.3) is 5.91 Å². The van der Waals surface area contributed by atoms with Gasteiger partial charge in [-0.25, -0.2) is 0 Å². The van der Waals surface area contributed by atoms with E-state index in [9.17, 15) is 4.79 Å². The second-order valence-corrected chi connectivity index (χ2v) is 4.82. The third-order valence-electron chi connectivity index (χ3n) is 3.22. The molecule has 4 heteroatoms. The molecule has 0 aliphatic rings. The van der Waals surface area contributed by atoms with Gasteiger partial charge in [0.1, 0.15) is 5.75 Å². The van der Waals surface area contributed by atoms with Gasteiger partial charge in [0, 0.05) is 11.3 Å². The Hall–Kier alpha value is -2.49. The van der Waals surface area contributed by atoms with E-state index >= 15 is 0 Å². The molecule has 0 aromatic heterocycles. The lowest BCUT2D eigenvalue weighted by atomic mass is 10.1. The van der Waals surface area contributed by atoms with E-state index in [1.807, 2.05) is 38.1 Å². The summed E-state index contributed by atoms with van der Waals surface area (Å²) >= 11 is 0. The Morgan fingerprint density at radius 2 is 1.95 bits per heavy atom. The molecule has 0 aliphatic carbocycles. The molecule has 0 bridgehead atoms. The van der Waals surface area contributed by atoms with Crippen LogP contribution >= 0.6 is 0 Å².